The van der Waals surface area contributed by atoms with Crippen LogP contribution in [0.25, 0.3) is 27.9 Å². The number of alkyl halides is 3. The number of ether oxygens (including phenoxy) is 1. The molecule has 0 saturated carbocycles. The van der Waals surface area contributed by atoms with Crippen molar-refractivity contribution in [3.05, 3.63) is 28.5 Å². The Balaban J connectivity index is 1.65. The monoisotopic (exact) mass is 524 g/mol. The van der Waals surface area contributed by atoms with E-state index in [0.717, 1.165) is 25.6 Å². The highest BCUT2D eigenvalue weighted by atomic mass is 79.9. The van der Waals surface area contributed by atoms with Crippen LogP contribution in [0.4, 0.5) is 19.1 Å². The largest absolute Gasteiger partial charge is 0.491 e. The third kappa shape index (κ3) is 3.99. The van der Waals surface area contributed by atoms with Gasteiger partial charge in [-0.05, 0) is 54.4 Å². The van der Waals surface area contributed by atoms with Gasteiger partial charge in [0.05, 0.1) is 17.5 Å². The average molecular weight is 525 g/mol. The van der Waals surface area contributed by atoms with Crippen LogP contribution >= 0.6 is 15.9 Å². The number of halogens is 4. The van der Waals surface area contributed by atoms with Gasteiger partial charge in [0.1, 0.15) is 21.6 Å². The quantitative estimate of drug-likeness (QED) is 0.338. The Bertz CT molecular complexity index is 1310. The summed E-state index contributed by atoms with van der Waals surface area (Å²) < 4.78 is 49.3. The number of pyridine rings is 1. The van der Waals surface area contributed by atoms with Gasteiger partial charge < -0.3 is 15.4 Å². The number of nitrogens with zero attached hydrogens (tertiary/aromatic N) is 5. The van der Waals surface area contributed by atoms with E-state index < -0.39 is 11.7 Å². The number of anilines is 1. The first kappa shape index (κ1) is 21.9. The van der Waals surface area contributed by atoms with Gasteiger partial charge in [-0.25, -0.2) is 14.5 Å². The zero-order valence-corrected chi connectivity index (χ0v) is 19.1. The fourth-order valence-electron chi connectivity index (χ4n) is 3.97. The summed E-state index contributed by atoms with van der Waals surface area (Å²) in [4.78, 5) is 8.19. The van der Waals surface area contributed by atoms with E-state index in [-0.39, 0.29) is 23.4 Å². The van der Waals surface area contributed by atoms with E-state index in [1.165, 1.54) is 0 Å². The molecule has 1 aliphatic heterocycles. The number of hydrogen-bond acceptors (Lipinski definition) is 7. The van der Waals surface area contributed by atoms with Crippen molar-refractivity contribution in [1.29, 1.82) is 0 Å². The van der Waals surface area contributed by atoms with E-state index in [1.807, 2.05) is 6.92 Å². The van der Waals surface area contributed by atoms with Crippen LogP contribution in [0.5, 0.6) is 5.75 Å². The van der Waals surface area contributed by atoms with Gasteiger partial charge in [0.2, 0.25) is 5.95 Å². The SMILES string of the molecule is CCOc1ccc2c3c(-c4nc(N[C@H]5CCCNC5)ncc4C(F)(F)F)n[nH]c3nn2c1Br. The zero-order valence-electron chi connectivity index (χ0n) is 17.5. The molecule has 1 atom stereocenters. The van der Waals surface area contributed by atoms with Gasteiger partial charge in [-0.15, -0.1) is 5.10 Å². The molecule has 1 saturated heterocycles. The Labute approximate surface area is 194 Å². The molecule has 33 heavy (non-hydrogen) atoms. The summed E-state index contributed by atoms with van der Waals surface area (Å²) in [7, 11) is 0. The standard InChI is InChI=1S/C20H20BrF3N8O/c1-2-33-13-6-5-12-14-16(29-30-18(14)31-32(12)17(13)21)15-11(20(22,23)24)9-26-19(28-15)27-10-4-3-7-25-8-10/h5-6,9-10,25H,2-4,7-8H2,1H3,(H,30,31)(H,26,27,28)/t10-/m0/s1. The molecule has 4 aromatic heterocycles. The Morgan fingerprint density at radius 1 is 1.30 bits per heavy atom. The molecular formula is C20H20BrF3N8O. The Kier molecular flexibility index (Phi) is 5.60. The first-order valence-electron chi connectivity index (χ1n) is 10.5. The van der Waals surface area contributed by atoms with Gasteiger partial charge >= 0.3 is 6.18 Å². The molecule has 174 valence electrons. The minimum atomic E-state index is -4.66. The summed E-state index contributed by atoms with van der Waals surface area (Å²) in [5, 5.41) is 18.1. The second-order valence-electron chi connectivity index (χ2n) is 7.66. The fraction of sp³-hybridized carbons (Fsp3) is 0.400. The van der Waals surface area contributed by atoms with E-state index in [9.17, 15) is 13.2 Å². The van der Waals surface area contributed by atoms with Crippen molar-refractivity contribution < 1.29 is 17.9 Å². The second-order valence-corrected chi connectivity index (χ2v) is 8.41. The number of rotatable bonds is 5. The molecular weight excluding hydrogens is 505 g/mol. The molecule has 1 fully saturated rings. The summed E-state index contributed by atoms with van der Waals surface area (Å²) in [6, 6.07) is 3.49. The highest BCUT2D eigenvalue weighted by Crippen LogP contribution is 2.39. The number of aromatic amines is 1. The highest BCUT2D eigenvalue weighted by molar-refractivity contribution is 9.10. The summed E-state index contributed by atoms with van der Waals surface area (Å²) in [5.41, 5.74) is -0.336. The maximum absolute atomic E-state index is 13.9. The number of fused-ring (bicyclic) bond motifs is 3. The molecule has 0 bridgehead atoms. The lowest BCUT2D eigenvalue weighted by atomic mass is 10.1. The lowest BCUT2D eigenvalue weighted by Gasteiger charge is -2.24. The van der Waals surface area contributed by atoms with Gasteiger partial charge in [0.25, 0.3) is 0 Å². The van der Waals surface area contributed by atoms with Crippen LogP contribution in [0, 0.1) is 0 Å². The van der Waals surface area contributed by atoms with Crippen molar-refractivity contribution in [3.8, 4) is 17.1 Å². The number of hydrogen-bond donors (Lipinski definition) is 3. The van der Waals surface area contributed by atoms with Crippen molar-refractivity contribution in [2.75, 3.05) is 25.0 Å². The molecule has 5 rings (SSSR count). The minimum absolute atomic E-state index is 0.0347. The van der Waals surface area contributed by atoms with Crippen LogP contribution in [0.1, 0.15) is 25.3 Å². The smallest absolute Gasteiger partial charge is 0.420 e. The fourth-order valence-corrected chi connectivity index (χ4v) is 4.49. The van der Waals surface area contributed by atoms with Gasteiger partial charge in [-0.2, -0.15) is 18.3 Å². The van der Waals surface area contributed by atoms with Crippen molar-refractivity contribution >= 4 is 38.4 Å². The molecule has 1 aliphatic rings. The summed E-state index contributed by atoms with van der Waals surface area (Å²) >= 11 is 3.46. The summed E-state index contributed by atoms with van der Waals surface area (Å²) in [5.74, 6) is 0.689. The normalized spacial score (nSPS) is 17.1. The summed E-state index contributed by atoms with van der Waals surface area (Å²) in [6.45, 7) is 3.92. The van der Waals surface area contributed by atoms with Crippen LogP contribution in [0.15, 0.2) is 22.9 Å². The van der Waals surface area contributed by atoms with Gasteiger partial charge in [-0.3, -0.25) is 5.10 Å². The van der Waals surface area contributed by atoms with Crippen LogP contribution in [-0.4, -0.2) is 55.5 Å². The van der Waals surface area contributed by atoms with E-state index in [1.54, 1.807) is 16.6 Å². The van der Waals surface area contributed by atoms with E-state index in [2.05, 4.69) is 51.8 Å². The molecule has 13 heteroatoms. The Hall–Kier alpha value is -2.93. The molecule has 0 amide bonds. The van der Waals surface area contributed by atoms with E-state index in [4.69, 9.17) is 4.74 Å². The van der Waals surface area contributed by atoms with Gasteiger partial charge in [0.15, 0.2) is 11.4 Å². The lowest BCUT2D eigenvalue weighted by molar-refractivity contribution is -0.137. The first-order valence-corrected chi connectivity index (χ1v) is 11.3. The van der Waals surface area contributed by atoms with E-state index in [0.29, 0.717) is 40.1 Å². The summed E-state index contributed by atoms with van der Waals surface area (Å²) in [6.07, 6.45) is -2.01. The van der Waals surface area contributed by atoms with E-state index >= 15 is 0 Å². The van der Waals surface area contributed by atoms with Crippen LogP contribution in [0.3, 0.4) is 0 Å². The third-order valence-electron chi connectivity index (χ3n) is 5.46. The topological polar surface area (TPSA) is 105 Å². The predicted octanol–water partition coefficient (Wildman–Crippen LogP) is 4.01. The van der Waals surface area contributed by atoms with Crippen molar-refractivity contribution in [2.24, 2.45) is 0 Å². The molecule has 0 spiro atoms. The Morgan fingerprint density at radius 2 is 2.15 bits per heavy atom. The maximum atomic E-state index is 13.9. The maximum Gasteiger partial charge on any atom is 0.420 e. The molecule has 0 aromatic carbocycles. The number of piperidine rings is 1. The lowest BCUT2D eigenvalue weighted by Crippen LogP contribution is -2.38. The highest BCUT2D eigenvalue weighted by Gasteiger charge is 2.37. The van der Waals surface area contributed by atoms with Gasteiger partial charge in [-0.1, -0.05) is 0 Å². The number of H-pyrrole nitrogens is 1. The van der Waals surface area contributed by atoms with Crippen molar-refractivity contribution in [2.45, 2.75) is 32.0 Å². The molecule has 5 heterocycles. The average Bonchev–Trinajstić information content (AvgIpc) is 3.36. The number of nitrogens with one attached hydrogen (secondary N) is 3. The predicted molar refractivity (Wildman–Crippen MR) is 119 cm³/mol. The molecule has 0 radical (unpaired) electrons. The first-order chi connectivity index (χ1) is 15.9. The van der Waals surface area contributed by atoms with Crippen LogP contribution in [-0.2, 0) is 6.18 Å². The molecule has 0 unspecified atom stereocenters. The van der Waals surface area contributed by atoms with Crippen molar-refractivity contribution in [3.63, 3.8) is 0 Å². The molecule has 3 N–H and O–H groups in total. The molecule has 9 nitrogen and oxygen atoms in total. The minimum Gasteiger partial charge on any atom is -0.491 e. The van der Waals surface area contributed by atoms with Gasteiger partial charge in [0, 0.05) is 18.8 Å². The number of aromatic nitrogens is 6. The molecule has 0 aliphatic carbocycles. The molecule has 4 aromatic rings. The van der Waals surface area contributed by atoms with Crippen LogP contribution in [0.2, 0.25) is 0 Å². The zero-order chi connectivity index (χ0) is 23.2. The third-order valence-corrected chi connectivity index (χ3v) is 6.19. The second kappa shape index (κ2) is 8.45. The Morgan fingerprint density at radius 3 is 2.88 bits per heavy atom. The van der Waals surface area contributed by atoms with Crippen LogP contribution < -0.4 is 15.4 Å². The van der Waals surface area contributed by atoms with Crippen molar-refractivity contribution in [1.82, 2.24) is 35.1 Å².